The summed E-state index contributed by atoms with van der Waals surface area (Å²) in [6.07, 6.45) is 6.20. The average Bonchev–Trinajstić information content (AvgIpc) is 3.58. The second-order valence-corrected chi connectivity index (χ2v) is 18.5. The maximum Gasteiger partial charge on any atom is 0.161 e. The van der Waals surface area contributed by atoms with Crippen LogP contribution in [0.2, 0.25) is 0 Å². The van der Waals surface area contributed by atoms with E-state index in [0.717, 1.165) is 44.9 Å². The molecule has 7 fully saturated rings. The van der Waals surface area contributed by atoms with Gasteiger partial charge >= 0.3 is 0 Å². The molecule has 0 aromatic heterocycles. The first-order chi connectivity index (χ1) is 25.7. The van der Waals surface area contributed by atoms with Gasteiger partial charge in [0.15, 0.2) is 18.9 Å². The number of methoxy groups -OCH3 is 3. The molecule has 0 spiro atoms. The Bertz CT molecular complexity index is 1360. The van der Waals surface area contributed by atoms with Crippen molar-refractivity contribution in [2.75, 3.05) is 21.3 Å². The van der Waals surface area contributed by atoms with Gasteiger partial charge in [-0.2, -0.15) is 0 Å². The summed E-state index contributed by atoms with van der Waals surface area (Å²) in [6, 6.07) is 0. The van der Waals surface area contributed by atoms with Gasteiger partial charge in [0.2, 0.25) is 0 Å². The molecule has 0 aromatic rings. The quantitative estimate of drug-likeness (QED) is 0.305. The van der Waals surface area contributed by atoms with E-state index in [2.05, 4.69) is 26.8 Å². The van der Waals surface area contributed by atoms with Crippen molar-refractivity contribution < 1.29 is 57.6 Å². The summed E-state index contributed by atoms with van der Waals surface area (Å²) in [5.74, 6) is 1.15. The van der Waals surface area contributed by atoms with Gasteiger partial charge in [-0.1, -0.05) is 25.5 Å². The van der Waals surface area contributed by atoms with Gasteiger partial charge in [0.1, 0.15) is 18.3 Å². The van der Waals surface area contributed by atoms with Gasteiger partial charge < -0.3 is 57.6 Å². The molecule has 308 valence electrons. The molecule has 8 aliphatic rings. The summed E-state index contributed by atoms with van der Waals surface area (Å²) in [5.41, 5.74) is 0.731. The monoisotopic (exact) mass is 764 g/mol. The smallest absolute Gasteiger partial charge is 0.161 e. The van der Waals surface area contributed by atoms with Gasteiger partial charge in [-0.15, -0.1) is 0 Å². The Morgan fingerprint density at radius 3 is 1.83 bits per heavy atom. The van der Waals surface area contributed by atoms with Crippen molar-refractivity contribution in [3.8, 4) is 0 Å². The molecule has 12 nitrogen and oxygen atoms in total. The first-order valence-electron chi connectivity index (χ1n) is 21.0. The number of ether oxygens (including phenoxy) is 10. The Labute approximate surface area is 322 Å². The van der Waals surface area contributed by atoms with Crippen LogP contribution in [0.3, 0.4) is 0 Å². The van der Waals surface area contributed by atoms with Crippen molar-refractivity contribution in [2.45, 2.75) is 203 Å². The van der Waals surface area contributed by atoms with Crippen LogP contribution in [0.5, 0.6) is 0 Å². The van der Waals surface area contributed by atoms with Gasteiger partial charge in [0, 0.05) is 46.0 Å². The van der Waals surface area contributed by atoms with Crippen molar-refractivity contribution in [2.24, 2.45) is 28.6 Å². The van der Waals surface area contributed by atoms with Crippen LogP contribution in [-0.4, -0.2) is 129 Å². The zero-order valence-corrected chi connectivity index (χ0v) is 34.0. The number of aliphatic hydroxyl groups excluding tert-OH is 1. The number of hydrogen-bond acceptors (Lipinski definition) is 12. The molecule has 2 N–H and O–H groups in total. The van der Waals surface area contributed by atoms with Crippen molar-refractivity contribution in [3.05, 3.63) is 11.6 Å². The molecule has 4 saturated heterocycles. The highest BCUT2D eigenvalue weighted by Crippen LogP contribution is 2.71. The maximum absolute atomic E-state index is 12.5. The van der Waals surface area contributed by atoms with E-state index in [1.54, 1.807) is 21.3 Å². The number of hydrogen-bond donors (Lipinski definition) is 2. The molecule has 0 amide bonds. The first kappa shape index (κ1) is 40.1. The molecule has 4 aliphatic carbocycles. The van der Waals surface area contributed by atoms with E-state index in [0.29, 0.717) is 31.1 Å². The Balaban J connectivity index is 0.865. The number of allylic oxidation sites excluding steroid dienone is 1. The summed E-state index contributed by atoms with van der Waals surface area (Å²) in [5, 5.41) is 22.9. The number of aliphatic hydroxyl groups is 2. The fourth-order valence-corrected chi connectivity index (χ4v) is 12.9. The Kier molecular flexibility index (Phi) is 11.2. The minimum absolute atomic E-state index is 0.0414. The molecule has 54 heavy (non-hydrogen) atoms. The normalized spacial score (nSPS) is 55.8. The van der Waals surface area contributed by atoms with Crippen molar-refractivity contribution in [1.82, 2.24) is 0 Å². The highest BCUT2D eigenvalue weighted by Gasteiger charge is 2.73. The molecule has 0 aromatic carbocycles. The zero-order valence-electron chi connectivity index (χ0n) is 34.0. The Morgan fingerprint density at radius 2 is 1.22 bits per heavy atom. The second kappa shape index (κ2) is 15.1. The highest BCUT2D eigenvalue weighted by molar-refractivity contribution is 5.30. The average molecular weight is 765 g/mol. The van der Waals surface area contributed by atoms with Gasteiger partial charge in [-0.3, -0.25) is 0 Å². The summed E-state index contributed by atoms with van der Waals surface area (Å²) >= 11 is 0. The van der Waals surface area contributed by atoms with Crippen LogP contribution in [0.25, 0.3) is 0 Å². The van der Waals surface area contributed by atoms with Gasteiger partial charge in [0.05, 0.1) is 60.5 Å². The molecule has 4 heterocycles. The SMILES string of the molecule is CO[C@H]1C[C@H](O[C@@H]2[C@@H](C)O[C@@H](O[C@H]3CC[C@@]4(C)C(=CC[C@@H]5[C@@H]4C[C@H]4O[C@H](C)[C@@H]6CC[C@@]5(O)[C@]46C)C3)C[C@H]2OC)O[C@H](C)[C@H]1O[C@H]1C[C@@H](OC)[C@H](O)[C@@H](C)O1. The fourth-order valence-electron chi connectivity index (χ4n) is 12.9. The van der Waals surface area contributed by atoms with Crippen molar-refractivity contribution >= 4 is 0 Å². The second-order valence-electron chi connectivity index (χ2n) is 18.5. The lowest BCUT2D eigenvalue weighted by Crippen LogP contribution is -2.64. The molecule has 4 aliphatic heterocycles. The topological polar surface area (TPSA) is 133 Å². The standard InChI is InChI=1S/C42H68O12/c1-21-27-13-15-42(44)28-11-10-25-16-26(12-14-40(25,5)29(28)17-33(48-21)41(27,42)6)52-34-19-31(46-8)38(23(3)50-34)54-36-20-32(47-9)39(24(4)51-36)53-35-18-30(45-7)37(43)22(2)49-35/h10,21-24,26-39,43-44H,11-20H2,1-9H3/t21-,22-,23-,24-,26+,27+,28-,29+,30-,31-,32+,33-,34+,35+,36+,37-,38-,39-,40+,41+,42+/m1/s1. The summed E-state index contributed by atoms with van der Waals surface area (Å²) in [6.45, 7) is 12.8. The van der Waals surface area contributed by atoms with Crippen molar-refractivity contribution in [1.29, 1.82) is 0 Å². The summed E-state index contributed by atoms with van der Waals surface area (Å²) < 4.78 is 62.7. The zero-order chi connectivity index (χ0) is 38.3. The minimum atomic E-state index is -0.712. The first-order valence-corrected chi connectivity index (χ1v) is 21.0. The van der Waals surface area contributed by atoms with E-state index in [-0.39, 0.29) is 71.7 Å². The number of rotatable bonds is 9. The lowest BCUT2D eigenvalue weighted by Gasteiger charge is -2.61. The summed E-state index contributed by atoms with van der Waals surface area (Å²) in [7, 11) is 4.98. The van der Waals surface area contributed by atoms with Crippen LogP contribution in [0.15, 0.2) is 11.6 Å². The predicted molar refractivity (Wildman–Crippen MR) is 196 cm³/mol. The van der Waals surface area contributed by atoms with E-state index in [4.69, 9.17) is 47.4 Å². The van der Waals surface area contributed by atoms with Gasteiger partial charge in [0.25, 0.3) is 0 Å². The van der Waals surface area contributed by atoms with Crippen molar-refractivity contribution in [3.63, 3.8) is 0 Å². The third-order valence-electron chi connectivity index (χ3n) is 16.1. The molecular formula is C42H68O12. The molecule has 0 bridgehead atoms. The van der Waals surface area contributed by atoms with Crippen LogP contribution in [0.1, 0.15) is 106 Å². The Hall–Kier alpha value is -0.740. The lowest BCUT2D eigenvalue weighted by molar-refractivity contribution is -0.338. The van der Waals surface area contributed by atoms with E-state index < -0.39 is 42.8 Å². The minimum Gasteiger partial charge on any atom is -0.389 e. The van der Waals surface area contributed by atoms with Crippen LogP contribution in [0.4, 0.5) is 0 Å². The molecule has 8 rings (SSSR count). The van der Waals surface area contributed by atoms with Gasteiger partial charge in [-0.05, 0) is 95.8 Å². The summed E-state index contributed by atoms with van der Waals surface area (Å²) in [4.78, 5) is 0. The highest BCUT2D eigenvalue weighted by atomic mass is 16.7. The largest absolute Gasteiger partial charge is 0.389 e. The fraction of sp³-hybridized carbons (Fsp3) is 0.952. The molecule has 3 saturated carbocycles. The molecular weight excluding hydrogens is 696 g/mol. The molecule has 0 radical (unpaired) electrons. The molecule has 21 atom stereocenters. The van der Waals surface area contributed by atoms with Crippen LogP contribution < -0.4 is 0 Å². The Morgan fingerprint density at radius 1 is 0.648 bits per heavy atom. The molecule has 0 unspecified atom stereocenters. The van der Waals surface area contributed by atoms with Crippen LogP contribution in [-0.2, 0) is 47.4 Å². The third-order valence-corrected chi connectivity index (χ3v) is 16.1. The van der Waals surface area contributed by atoms with E-state index in [1.165, 1.54) is 5.57 Å². The van der Waals surface area contributed by atoms with Crippen LogP contribution in [0, 0.1) is 28.6 Å². The maximum atomic E-state index is 12.5. The number of fused-ring (bicyclic) bond motifs is 4. The van der Waals surface area contributed by atoms with E-state index in [1.807, 2.05) is 20.8 Å². The van der Waals surface area contributed by atoms with Gasteiger partial charge in [-0.25, -0.2) is 0 Å². The third kappa shape index (κ3) is 6.49. The predicted octanol–water partition coefficient (Wildman–Crippen LogP) is 5.04. The van der Waals surface area contributed by atoms with E-state index in [9.17, 15) is 10.2 Å². The molecule has 12 heteroatoms. The van der Waals surface area contributed by atoms with Crippen LogP contribution >= 0.6 is 0 Å². The lowest BCUT2D eigenvalue weighted by atomic mass is 9.45. The van der Waals surface area contributed by atoms with E-state index >= 15 is 0 Å².